The van der Waals surface area contributed by atoms with Crippen molar-refractivity contribution in [2.45, 2.75) is 26.0 Å². The lowest BCUT2D eigenvalue weighted by molar-refractivity contribution is 0.119. The van der Waals surface area contributed by atoms with Gasteiger partial charge in [0, 0.05) is 55.3 Å². The Morgan fingerprint density at radius 3 is 2.97 bits per heavy atom. The van der Waals surface area contributed by atoms with Crippen LogP contribution >= 0.6 is 46.9 Å². The Morgan fingerprint density at radius 1 is 1.45 bits per heavy atom. The van der Waals surface area contributed by atoms with Crippen LogP contribution in [0.1, 0.15) is 29.3 Å². The number of methoxy groups -OCH3 is 1. The van der Waals surface area contributed by atoms with Crippen molar-refractivity contribution in [3.05, 3.63) is 51.1 Å². The van der Waals surface area contributed by atoms with Gasteiger partial charge in [0.15, 0.2) is 5.96 Å². The van der Waals surface area contributed by atoms with Gasteiger partial charge in [0.05, 0.1) is 12.2 Å². The first-order valence-electron chi connectivity index (χ1n) is 9.16. The molecule has 1 atom stereocenters. The van der Waals surface area contributed by atoms with Crippen LogP contribution in [-0.2, 0) is 17.7 Å². The number of thiazole rings is 1. The van der Waals surface area contributed by atoms with Gasteiger partial charge in [-0.1, -0.05) is 11.6 Å². The smallest absolute Gasteiger partial charge is 0.193 e. The average Bonchev–Trinajstić information content (AvgIpc) is 3.31. The maximum Gasteiger partial charge on any atom is 0.193 e. The van der Waals surface area contributed by atoms with Crippen molar-refractivity contribution >= 4 is 63.8 Å². The fourth-order valence-electron chi connectivity index (χ4n) is 3.05. The highest BCUT2D eigenvalue weighted by Gasteiger charge is 2.13. The Balaban J connectivity index is 0.00000300. The maximum atomic E-state index is 6.14. The maximum absolute atomic E-state index is 6.14. The fourth-order valence-corrected chi connectivity index (χ4v) is 4.07. The number of nitrogens with one attached hydrogen (secondary N) is 2. The SMILES string of the molecule is CN=C(NCCc1c[nH]c2ccc(Cl)cc12)N(C)Cc1csc(C(C)OC)n1.I. The molecule has 6 nitrogen and oxygen atoms in total. The quantitative estimate of drug-likeness (QED) is 0.252. The van der Waals surface area contributed by atoms with Gasteiger partial charge >= 0.3 is 0 Å². The average molecular weight is 548 g/mol. The molecule has 29 heavy (non-hydrogen) atoms. The third-order valence-electron chi connectivity index (χ3n) is 4.65. The molecule has 0 fully saturated rings. The van der Waals surface area contributed by atoms with E-state index >= 15 is 0 Å². The van der Waals surface area contributed by atoms with Gasteiger partial charge in [0.2, 0.25) is 0 Å². The molecule has 3 aromatic rings. The number of aliphatic imine (C=N–C) groups is 1. The number of aromatic nitrogens is 2. The number of benzene rings is 1. The Hall–Kier alpha value is -1.36. The van der Waals surface area contributed by atoms with E-state index in [0.29, 0.717) is 6.54 Å². The third kappa shape index (κ3) is 6.07. The van der Waals surface area contributed by atoms with Gasteiger partial charge in [-0.25, -0.2) is 4.98 Å². The molecule has 0 radical (unpaired) electrons. The summed E-state index contributed by atoms with van der Waals surface area (Å²) < 4.78 is 5.34. The van der Waals surface area contributed by atoms with Crippen molar-refractivity contribution in [2.75, 3.05) is 27.7 Å². The van der Waals surface area contributed by atoms with Crippen LogP contribution in [0, 0.1) is 0 Å². The van der Waals surface area contributed by atoms with E-state index in [1.165, 1.54) is 10.9 Å². The zero-order valence-corrected chi connectivity index (χ0v) is 20.9. The Bertz CT molecular complexity index is 957. The molecular weight excluding hydrogens is 521 g/mol. The molecule has 0 aliphatic rings. The molecule has 9 heteroatoms. The number of nitrogens with zero attached hydrogens (tertiary/aromatic N) is 3. The number of guanidine groups is 1. The lowest BCUT2D eigenvalue weighted by atomic mass is 10.1. The summed E-state index contributed by atoms with van der Waals surface area (Å²) in [6.45, 7) is 3.47. The fraction of sp³-hybridized carbons (Fsp3) is 0.400. The Labute approximate surface area is 197 Å². The number of rotatable bonds is 7. The third-order valence-corrected chi connectivity index (χ3v) is 5.94. The van der Waals surface area contributed by atoms with E-state index in [2.05, 4.69) is 30.6 Å². The molecule has 0 bridgehead atoms. The van der Waals surface area contributed by atoms with Gasteiger partial charge in [-0.3, -0.25) is 4.99 Å². The van der Waals surface area contributed by atoms with E-state index in [1.807, 2.05) is 38.4 Å². The highest BCUT2D eigenvalue weighted by Crippen LogP contribution is 2.23. The molecule has 3 rings (SSSR count). The lowest BCUT2D eigenvalue weighted by Crippen LogP contribution is -2.39. The monoisotopic (exact) mass is 547 g/mol. The van der Waals surface area contributed by atoms with Crippen LogP contribution in [0.3, 0.4) is 0 Å². The second kappa shape index (κ2) is 11.1. The number of hydrogen-bond donors (Lipinski definition) is 2. The van der Waals surface area contributed by atoms with Crippen molar-refractivity contribution in [3.8, 4) is 0 Å². The van der Waals surface area contributed by atoms with E-state index in [4.69, 9.17) is 16.3 Å². The minimum absolute atomic E-state index is 0. The summed E-state index contributed by atoms with van der Waals surface area (Å²) >= 11 is 7.76. The number of hydrogen-bond acceptors (Lipinski definition) is 4. The lowest BCUT2D eigenvalue weighted by Gasteiger charge is -2.21. The van der Waals surface area contributed by atoms with E-state index in [9.17, 15) is 0 Å². The van der Waals surface area contributed by atoms with Gasteiger partial charge in [0.25, 0.3) is 0 Å². The second-order valence-corrected chi connectivity index (χ2v) is 7.97. The zero-order valence-electron chi connectivity index (χ0n) is 17.0. The van der Waals surface area contributed by atoms with Crippen molar-refractivity contribution in [1.29, 1.82) is 0 Å². The number of H-pyrrole nitrogens is 1. The molecule has 0 aliphatic heterocycles. The van der Waals surface area contributed by atoms with Crippen LogP contribution in [-0.4, -0.2) is 48.6 Å². The predicted octanol–water partition coefficient (Wildman–Crippen LogP) is 4.85. The van der Waals surface area contributed by atoms with Gasteiger partial charge in [-0.2, -0.15) is 0 Å². The van der Waals surface area contributed by atoms with Crippen molar-refractivity contribution in [2.24, 2.45) is 4.99 Å². The normalized spacial score (nSPS) is 12.7. The van der Waals surface area contributed by atoms with E-state index in [-0.39, 0.29) is 30.1 Å². The molecule has 0 amide bonds. The largest absolute Gasteiger partial charge is 0.375 e. The summed E-state index contributed by atoms with van der Waals surface area (Å²) in [7, 11) is 5.51. The number of ether oxygens (including phenoxy) is 1. The zero-order chi connectivity index (χ0) is 20.1. The van der Waals surface area contributed by atoms with E-state index in [1.54, 1.807) is 25.5 Å². The molecule has 2 aromatic heterocycles. The standard InChI is InChI=1S/C20H26ClN5OS.HI/c1-13(27-4)19-25-16(12-28-19)11-26(3)20(22-2)23-8-7-14-10-24-18-6-5-15(21)9-17(14)18;/h5-6,9-10,12-13,24H,7-8,11H2,1-4H3,(H,22,23);1H. The minimum atomic E-state index is 0. The van der Waals surface area contributed by atoms with Gasteiger partial charge in [-0.05, 0) is 37.1 Å². The first-order valence-corrected chi connectivity index (χ1v) is 10.4. The van der Waals surface area contributed by atoms with Crippen LogP contribution in [0.5, 0.6) is 0 Å². The summed E-state index contributed by atoms with van der Waals surface area (Å²) in [6, 6.07) is 5.91. The van der Waals surface area contributed by atoms with E-state index < -0.39 is 0 Å². The molecule has 0 saturated heterocycles. The summed E-state index contributed by atoms with van der Waals surface area (Å²) in [5.41, 5.74) is 3.35. The number of halogens is 2. The second-order valence-electron chi connectivity index (χ2n) is 6.64. The van der Waals surface area contributed by atoms with Crippen LogP contribution in [0.15, 0.2) is 34.8 Å². The molecule has 1 aromatic carbocycles. The predicted molar refractivity (Wildman–Crippen MR) is 133 cm³/mol. The van der Waals surface area contributed by atoms with Crippen LogP contribution in [0.4, 0.5) is 0 Å². The summed E-state index contributed by atoms with van der Waals surface area (Å²) in [6.07, 6.45) is 2.94. The Kier molecular flexibility index (Phi) is 9.19. The molecule has 2 N–H and O–H groups in total. The first kappa shape index (κ1) is 23.9. The molecule has 0 aliphatic carbocycles. The summed E-state index contributed by atoms with van der Waals surface area (Å²) in [4.78, 5) is 14.4. The summed E-state index contributed by atoms with van der Waals surface area (Å²) in [5, 5.41) is 8.41. The molecule has 1 unspecified atom stereocenters. The molecular formula is C20H27ClIN5OS. The van der Waals surface area contributed by atoms with E-state index in [0.717, 1.165) is 40.2 Å². The van der Waals surface area contributed by atoms with Crippen molar-refractivity contribution < 1.29 is 4.74 Å². The van der Waals surface area contributed by atoms with Gasteiger partial charge in [-0.15, -0.1) is 35.3 Å². The molecule has 0 spiro atoms. The minimum Gasteiger partial charge on any atom is -0.375 e. The van der Waals surface area contributed by atoms with Gasteiger partial charge in [0.1, 0.15) is 11.1 Å². The number of fused-ring (bicyclic) bond motifs is 1. The first-order chi connectivity index (χ1) is 13.5. The topological polar surface area (TPSA) is 65.5 Å². The number of aromatic amines is 1. The van der Waals surface area contributed by atoms with Crippen molar-refractivity contribution in [3.63, 3.8) is 0 Å². The van der Waals surface area contributed by atoms with Crippen LogP contribution in [0.2, 0.25) is 5.02 Å². The van der Waals surface area contributed by atoms with Crippen LogP contribution < -0.4 is 5.32 Å². The van der Waals surface area contributed by atoms with Gasteiger partial charge < -0.3 is 19.9 Å². The Morgan fingerprint density at radius 2 is 2.24 bits per heavy atom. The highest BCUT2D eigenvalue weighted by atomic mass is 127. The molecule has 158 valence electrons. The molecule has 2 heterocycles. The van der Waals surface area contributed by atoms with Crippen molar-refractivity contribution in [1.82, 2.24) is 20.2 Å². The highest BCUT2D eigenvalue weighted by molar-refractivity contribution is 14.0. The summed E-state index contributed by atoms with van der Waals surface area (Å²) in [5.74, 6) is 0.840. The van der Waals surface area contributed by atoms with Crippen LogP contribution in [0.25, 0.3) is 10.9 Å². The molecule has 0 saturated carbocycles.